The van der Waals surface area contributed by atoms with Crippen molar-refractivity contribution >= 4 is 29.1 Å². The second-order valence-corrected chi connectivity index (χ2v) is 7.66. The van der Waals surface area contributed by atoms with Crippen LogP contribution in [0.4, 0.5) is 5.69 Å². The quantitative estimate of drug-likeness (QED) is 0.414. The highest BCUT2D eigenvalue weighted by Gasteiger charge is 2.12. The Morgan fingerprint density at radius 2 is 1.90 bits per heavy atom. The zero-order valence-corrected chi connectivity index (χ0v) is 18.0. The third-order valence-electron chi connectivity index (χ3n) is 4.51. The predicted octanol–water partition coefficient (Wildman–Crippen LogP) is 3.89. The van der Waals surface area contributed by atoms with Gasteiger partial charge >= 0.3 is 0 Å². The molecule has 0 aliphatic carbocycles. The van der Waals surface area contributed by atoms with E-state index < -0.39 is 0 Å². The third kappa shape index (κ3) is 5.70. The number of carbonyl (C=O) groups is 2. The van der Waals surface area contributed by atoms with Gasteiger partial charge in [-0.2, -0.15) is 0 Å². The number of ether oxygens (including phenoxy) is 1. The van der Waals surface area contributed by atoms with E-state index in [0.717, 1.165) is 12.2 Å². The first-order chi connectivity index (χ1) is 14.5. The summed E-state index contributed by atoms with van der Waals surface area (Å²) in [6.45, 7) is 3.89. The Morgan fingerprint density at radius 1 is 1.13 bits per heavy atom. The van der Waals surface area contributed by atoms with Gasteiger partial charge in [0.15, 0.2) is 16.8 Å². The van der Waals surface area contributed by atoms with Crippen molar-refractivity contribution in [3.63, 3.8) is 0 Å². The minimum absolute atomic E-state index is 0.0457. The first-order valence-electron chi connectivity index (χ1n) is 9.60. The van der Waals surface area contributed by atoms with Crippen molar-refractivity contribution < 1.29 is 14.3 Å². The number of nitrogens with one attached hydrogen (secondary N) is 1. The number of thioether (sulfide) groups is 1. The molecule has 0 unspecified atom stereocenters. The van der Waals surface area contributed by atoms with Crippen LogP contribution in [-0.2, 0) is 24.9 Å². The lowest BCUT2D eigenvalue weighted by Crippen LogP contribution is -2.15. The topological polar surface area (TPSA) is 86.1 Å². The predicted molar refractivity (Wildman–Crippen MR) is 117 cm³/mol. The van der Waals surface area contributed by atoms with Crippen LogP contribution in [0.1, 0.15) is 35.6 Å². The summed E-state index contributed by atoms with van der Waals surface area (Å²) in [4.78, 5) is 23.7. The molecule has 0 atom stereocenters. The highest BCUT2D eigenvalue weighted by molar-refractivity contribution is 7.99. The first kappa shape index (κ1) is 21.6. The Kier molecular flexibility index (Phi) is 7.24. The van der Waals surface area contributed by atoms with Crippen molar-refractivity contribution in [2.45, 2.75) is 32.0 Å². The molecule has 1 amide bonds. The van der Waals surface area contributed by atoms with E-state index in [-0.39, 0.29) is 17.4 Å². The fraction of sp³-hybridized carbons (Fsp3) is 0.273. The van der Waals surface area contributed by atoms with Gasteiger partial charge < -0.3 is 14.6 Å². The van der Waals surface area contributed by atoms with E-state index in [1.807, 2.05) is 35.9 Å². The lowest BCUT2D eigenvalue weighted by Gasteiger charge is -2.08. The molecule has 8 heteroatoms. The summed E-state index contributed by atoms with van der Waals surface area (Å²) in [5, 5.41) is 11.7. The Morgan fingerprint density at radius 3 is 2.60 bits per heavy atom. The van der Waals surface area contributed by atoms with Gasteiger partial charge in [-0.05, 0) is 43.2 Å². The summed E-state index contributed by atoms with van der Waals surface area (Å²) >= 11 is 1.29. The number of amides is 1. The maximum Gasteiger partial charge on any atom is 0.234 e. The van der Waals surface area contributed by atoms with E-state index in [9.17, 15) is 9.59 Å². The molecule has 3 aromatic rings. The van der Waals surface area contributed by atoms with Crippen LogP contribution in [-0.4, -0.2) is 32.2 Å². The van der Waals surface area contributed by atoms with Gasteiger partial charge in [-0.1, -0.05) is 43.0 Å². The average molecular weight is 425 g/mol. The van der Waals surface area contributed by atoms with Crippen LogP contribution < -0.4 is 10.1 Å². The van der Waals surface area contributed by atoms with Gasteiger partial charge in [-0.3, -0.25) is 9.59 Å². The standard InChI is InChI=1S/C22H24N4O3S/c1-4-16-8-10-19(11-9-16)29-13-20-24-25-22(26(20)3)30-14-21(28)23-18-7-5-6-17(12-18)15(2)27/h5-12H,4,13-14H2,1-3H3,(H,23,28). The number of carbonyl (C=O) groups excluding carboxylic acids is 2. The summed E-state index contributed by atoms with van der Waals surface area (Å²) in [7, 11) is 1.84. The lowest BCUT2D eigenvalue weighted by atomic mass is 10.1. The summed E-state index contributed by atoms with van der Waals surface area (Å²) in [5.74, 6) is 1.40. The maximum absolute atomic E-state index is 12.2. The van der Waals surface area contributed by atoms with E-state index in [0.29, 0.717) is 28.8 Å². The molecule has 0 fully saturated rings. The molecule has 0 bridgehead atoms. The number of benzene rings is 2. The van der Waals surface area contributed by atoms with Crippen molar-refractivity contribution in [2.24, 2.45) is 7.05 Å². The van der Waals surface area contributed by atoms with Crippen molar-refractivity contribution in [3.8, 4) is 5.75 Å². The van der Waals surface area contributed by atoms with Gasteiger partial charge in [-0.15, -0.1) is 10.2 Å². The number of rotatable bonds is 9. The first-order valence-corrected chi connectivity index (χ1v) is 10.6. The Balaban J connectivity index is 1.52. The largest absolute Gasteiger partial charge is 0.486 e. The van der Waals surface area contributed by atoms with Gasteiger partial charge in [0.25, 0.3) is 0 Å². The molecule has 30 heavy (non-hydrogen) atoms. The van der Waals surface area contributed by atoms with E-state index in [1.54, 1.807) is 24.3 Å². The lowest BCUT2D eigenvalue weighted by molar-refractivity contribution is -0.113. The highest BCUT2D eigenvalue weighted by atomic mass is 32.2. The smallest absolute Gasteiger partial charge is 0.234 e. The van der Waals surface area contributed by atoms with Gasteiger partial charge in [0.2, 0.25) is 5.91 Å². The molecule has 156 valence electrons. The summed E-state index contributed by atoms with van der Waals surface area (Å²) in [6, 6.07) is 14.8. The number of nitrogens with zero attached hydrogens (tertiary/aromatic N) is 3. The van der Waals surface area contributed by atoms with Crippen LogP contribution in [0.25, 0.3) is 0 Å². The van der Waals surface area contributed by atoms with Crippen molar-refractivity contribution in [1.82, 2.24) is 14.8 Å². The Labute approximate surface area is 179 Å². The molecular weight excluding hydrogens is 400 g/mol. The molecule has 0 aliphatic heterocycles. The summed E-state index contributed by atoms with van der Waals surface area (Å²) in [6.07, 6.45) is 0.986. The van der Waals surface area contributed by atoms with Crippen LogP contribution in [0.3, 0.4) is 0 Å². The monoisotopic (exact) mass is 424 g/mol. The molecule has 0 saturated heterocycles. The number of ketones is 1. The fourth-order valence-electron chi connectivity index (χ4n) is 2.71. The Hall–Kier alpha value is -3.13. The zero-order valence-electron chi connectivity index (χ0n) is 17.2. The molecule has 1 aromatic heterocycles. The minimum atomic E-state index is -0.183. The van der Waals surface area contributed by atoms with Crippen LogP contribution in [0.2, 0.25) is 0 Å². The Bertz CT molecular complexity index is 1030. The zero-order chi connectivity index (χ0) is 21.5. The molecule has 7 nitrogen and oxygen atoms in total. The molecule has 0 spiro atoms. The third-order valence-corrected chi connectivity index (χ3v) is 5.53. The molecule has 0 saturated carbocycles. The minimum Gasteiger partial charge on any atom is -0.486 e. The van der Waals surface area contributed by atoms with Crippen molar-refractivity contribution in [1.29, 1.82) is 0 Å². The summed E-state index contributed by atoms with van der Waals surface area (Å²) < 4.78 is 7.60. The molecule has 1 heterocycles. The number of aryl methyl sites for hydroxylation is 1. The number of anilines is 1. The molecule has 2 aromatic carbocycles. The fourth-order valence-corrected chi connectivity index (χ4v) is 3.44. The number of aromatic nitrogens is 3. The van der Waals surface area contributed by atoms with Crippen LogP contribution >= 0.6 is 11.8 Å². The van der Waals surface area contributed by atoms with Crippen molar-refractivity contribution in [2.75, 3.05) is 11.1 Å². The average Bonchev–Trinajstić information content (AvgIpc) is 3.10. The normalized spacial score (nSPS) is 10.6. The van der Waals surface area contributed by atoms with Gasteiger partial charge in [0.1, 0.15) is 12.4 Å². The van der Waals surface area contributed by atoms with Crippen LogP contribution in [0, 0.1) is 0 Å². The number of hydrogen-bond acceptors (Lipinski definition) is 6. The van der Waals surface area contributed by atoms with Crippen LogP contribution in [0.5, 0.6) is 5.75 Å². The van der Waals surface area contributed by atoms with Gasteiger partial charge in [-0.25, -0.2) is 0 Å². The van der Waals surface area contributed by atoms with Crippen molar-refractivity contribution in [3.05, 3.63) is 65.5 Å². The number of hydrogen-bond donors (Lipinski definition) is 1. The molecule has 3 rings (SSSR count). The summed E-state index contributed by atoms with van der Waals surface area (Å²) in [5.41, 5.74) is 2.41. The van der Waals surface area contributed by atoms with Gasteiger partial charge in [0.05, 0.1) is 5.75 Å². The second kappa shape index (κ2) is 10.1. The molecular formula is C22H24N4O3S. The molecule has 0 aliphatic rings. The maximum atomic E-state index is 12.2. The van der Waals surface area contributed by atoms with Crippen LogP contribution in [0.15, 0.2) is 53.7 Å². The van der Waals surface area contributed by atoms with E-state index in [1.165, 1.54) is 24.2 Å². The van der Waals surface area contributed by atoms with E-state index in [2.05, 4.69) is 22.4 Å². The highest BCUT2D eigenvalue weighted by Crippen LogP contribution is 2.19. The van der Waals surface area contributed by atoms with E-state index in [4.69, 9.17) is 4.74 Å². The molecule has 1 N–H and O–H groups in total. The molecule has 0 radical (unpaired) electrons. The van der Waals surface area contributed by atoms with Gasteiger partial charge in [0, 0.05) is 18.3 Å². The number of Topliss-reactive ketones (excluding diaryl/α,β-unsaturated/α-hetero) is 1. The second-order valence-electron chi connectivity index (χ2n) is 6.72. The van der Waals surface area contributed by atoms with E-state index >= 15 is 0 Å². The SMILES string of the molecule is CCc1ccc(OCc2nnc(SCC(=O)Nc3cccc(C(C)=O)c3)n2C)cc1.